The van der Waals surface area contributed by atoms with E-state index in [-0.39, 0.29) is 24.2 Å². The summed E-state index contributed by atoms with van der Waals surface area (Å²) < 4.78 is 161. The molecule has 3 aliphatic rings. The van der Waals surface area contributed by atoms with E-state index in [1.807, 2.05) is 0 Å². The summed E-state index contributed by atoms with van der Waals surface area (Å²) in [7, 11) is -7.11. The van der Waals surface area contributed by atoms with Crippen molar-refractivity contribution in [2.75, 3.05) is 36.5 Å². The van der Waals surface area contributed by atoms with Gasteiger partial charge in [0.2, 0.25) is 0 Å². The van der Waals surface area contributed by atoms with Crippen LogP contribution in [-0.4, -0.2) is 88.4 Å². The summed E-state index contributed by atoms with van der Waals surface area (Å²) in [6.45, 7) is -0.875. The fourth-order valence-corrected chi connectivity index (χ4v) is 10.4. The maximum Gasteiger partial charge on any atom is 0.435 e. The molecule has 5 rings (SSSR count). The van der Waals surface area contributed by atoms with Crippen LogP contribution in [0.25, 0.3) is 0 Å². The number of likely N-dealkylation sites (N-methyl/N-ethyl adjacent to an activating group) is 1. The SMILES string of the molecule is CN1C[C@H]2N(C(=O)C3(O)CCS(=O)(=O)CC3)CC[C@@]2(S(=O)(=O)c2ccc(F)cc2)c2ccc(C(F)(C(F)(F)F)C(F)(F)F)cc21. The molecule has 2 aromatic rings. The number of rotatable bonds is 4. The van der Waals surface area contributed by atoms with Gasteiger partial charge in [-0.3, -0.25) is 4.79 Å². The van der Waals surface area contributed by atoms with E-state index in [0.717, 1.165) is 34.1 Å². The van der Waals surface area contributed by atoms with Crippen molar-refractivity contribution in [3.05, 3.63) is 59.4 Å². The zero-order valence-electron chi connectivity index (χ0n) is 23.3. The lowest BCUT2D eigenvalue weighted by Gasteiger charge is -2.47. The summed E-state index contributed by atoms with van der Waals surface area (Å²) in [5, 5.41) is 11.2. The first kappa shape index (κ1) is 33.4. The zero-order valence-corrected chi connectivity index (χ0v) is 24.9. The van der Waals surface area contributed by atoms with Gasteiger partial charge in [-0.1, -0.05) is 12.1 Å². The molecule has 248 valence electrons. The number of nitrogens with zero attached hydrogens (tertiary/aromatic N) is 2. The Morgan fingerprint density at radius 3 is 2.02 bits per heavy atom. The fraction of sp³-hybridized carbons (Fsp3) is 0.519. The van der Waals surface area contributed by atoms with Gasteiger partial charge in [0, 0.05) is 31.4 Å². The van der Waals surface area contributed by atoms with E-state index >= 15 is 4.39 Å². The molecule has 2 aromatic carbocycles. The van der Waals surface area contributed by atoms with Gasteiger partial charge in [0.25, 0.3) is 5.91 Å². The monoisotopic (exact) mass is 690 g/mol. The summed E-state index contributed by atoms with van der Waals surface area (Å²) >= 11 is 0. The standard InChI is InChI=1S/C27H26F8N2O6S2/c1-36-15-21-24(45(42,43)18-5-3-17(28)4-6-18,8-11-37(21)22(38)23(39)9-12-44(40,41)13-10-23)19-7-2-16(14-20(19)36)25(29,26(30,31)32)27(33,34)35/h2-7,14,21,39H,8-13,15H2,1H3/t21-,24-/m1/s1. The van der Waals surface area contributed by atoms with Gasteiger partial charge in [-0.05, 0) is 55.2 Å². The number of carbonyl (C=O) groups excluding carboxylic acids is 1. The number of aliphatic hydroxyl groups is 1. The molecular weight excluding hydrogens is 664 g/mol. The molecule has 0 radical (unpaired) electrons. The Labute approximate surface area is 252 Å². The first-order valence-electron chi connectivity index (χ1n) is 13.4. The van der Waals surface area contributed by atoms with Crippen LogP contribution in [-0.2, 0) is 34.9 Å². The van der Waals surface area contributed by atoms with Crippen molar-refractivity contribution in [2.45, 2.75) is 58.6 Å². The van der Waals surface area contributed by atoms with Crippen LogP contribution in [0.4, 0.5) is 40.8 Å². The first-order chi connectivity index (χ1) is 20.5. The van der Waals surface area contributed by atoms with Crippen LogP contribution in [0.5, 0.6) is 0 Å². The average Bonchev–Trinajstić information content (AvgIpc) is 3.33. The van der Waals surface area contributed by atoms with E-state index in [0.29, 0.717) is 6.07 Å². The van der Waals surface area contributed by atoms with Crippen LogP contribution in [0.3, 0.4) is 0 Å². The van der Waals surface area contributed by atoms with Crippen LogP contribution in [0.15, 0.2) is 47.4 Å². The molecule has 18 heteroatoms. The van der Waals surface area contributed by atoms with Crippen LogP contribution < -0.4 is 4.90 Å². The van der Waals surface area contributed by atoms with Gasteiger partial charge in [-0.2, -0.15) is 26.3 Å². The molecule has 1 N–H and O–H groups in total. The predicted octanol–water partition coefficient (Wildman–Crippen LogP) is 3.77. The molecule has 0 aromatic heterocycles. The van der Waals surface area contributed by atoms with Crippen LogP contribution >= 0.6 is 0 Å². The highest BCUT2D eigenvalue weighted by Gasteiger charge is 2.74. The Kier molecular flexibility index (Phi) is 7.61. The van der Waals surface area contributed by atoms with Crippen molar-refractivity contribution in [3.63, 3.8) is 0 Å². The lowest BCUT2D eigenvalue weighted by Crippen LogP contribution is -2.61. The van der Waals surface area contributed by atoms with Crippen LogP contribution in [0.1, 0.15) is 30.4 Å². The Bertz CT molecular complexity index is 1720. The molecular formula is C27H26F8N2O6S2. The molecule has 8 nitrogen and oxygen atoms in total. The fourth-order valence-electron chi connectivity index (χ4n) is 6.57. The molecule has 2 saturated heterocycles. The lowest BCUT2D eigenvalue weighted by molar-refractivity contribution is -0.348. The highest BCUT2D eigenvalue weighted by molar-refractivity contribution is 7.92. The number of alkyl halides is 7. The number of hydrogen-bond donors (Lipinski definition) is 1. The van der Waals surface area contributed by atoms with Crippen molar-refractivity contribution in [2.24, 2.45) is 0 Å². The third kappa shape index (κ3) is 4.89. The Hall–Kier alpha value is -2.99. The number of amides is 1. The summed E-state index contributed by atoms with van der Waals surface area (Å²) in [5.41, 5.74) is -10.7. The second-order valence-electron chi connectivity index (χ2n) is 11.6. The van der Waals surface area contributed by atoms with E-state index in [4.69, 9.17) is 0 Å². The normalized spacial score (nSPS) is 25.1. The van der Waals surface area contributed by atoms with Gasteiger partial charge in [-0.25, -0.2) is 25.6 Å². The van der Waals surface area contributed by atoms with Gasteiger partial charge in [-0.15, -0.1) is 0 Å². The Morgan fingerprint density at radius 2 is 1.49 bits per heavy atom. The van der Waals surface area contributed by atoms with Gasteiger partial charge in [0.1, 0.15) is 16.2 Å². The van der Waals surface area contributed by atoms with Crippen LogP contribution in [0.2, 0.25) is 0 Å². The molecule has 0 bridgehead atoms. The van der Waals surface area contributed by atoms with Crippen molar-refractivity contribution < 1.29 is 61.9 Å². The second kappa shape index (κ2) is 10.3. The lowest BCUT2D eigenvalue weighted by atomic mass is 9.82. The molecule has 0 spiro atoms. The smallest absolute Gasteiger partial charge is 0.380 e. The van der Waals surface area contributed by atoms with Crippen LogP contribution in [0, 0.1) is 5.82 Å². The van der Waals surface area contributed by atoms with E-state index in [1.54, 1.807) is 0 Å². The third-order valence-electron chi connectivity index (χ3n) is 9.05. The Morgan fingerprint density at radius 1 is 0.933 bits per heavy atom. The number of anilines is 1. The number of benzene rings is 2. The van der Waals surface area contributed by atoms with Crippen molar-refractivity contribution in [3.8, 4) is 0 Å². The largest absolute Gasteiger partial charge is 0.435 e. The van der Waals surface area contributed by atoms with Gasteiger partial charge >= 0.3 is 18.0 Å². The summed E-state index contributed by atoms with van der Waals surface area (Å²) in [6, 6.07) is 3.18. The highest BCUT2D eigenvalue weighted by atomic mass is 32.2. The minimum absolute atomic E-state index is 0.196. The van der Waals surface area contributed by atoms with E-state index < -0.39 is 119 Å². The maximum absolute atomic E-state index is 15.1. The second-order valence-corrected chi connectivity index (χ2v) is 16.1. The zero-order chi connectivity index (χ0) is 33.6. The third-order valence-corrected chi connectivity index (χ3v) is 13.2. The Balaban J connectivity index is 1.71. The van der Waals surface area contributed by atoms with Gasteiger partial charge < -0.3 is 14.9 Å². The molecule has 2 fully saturated rings. The summed E-state index contributed by atoms with van der Waals surface area (Å²) in [4.78, 5) is 15.4. The first-order valence-corrected chi connectivity index (χ1v) is 16.7. The van der Waals surface area contributed by atoms with Crippen molar-refractivity contribution >= 4 is 31.3 Å². The van der Waals surface area contributed by atoms with E-state index in [1.165, 1.54) is 7.05 Å². The topological polar surface area (TPSA) is 112 Å². The van der Waals surface area contributed by atoms with Gasteiger partial charge in [0.05, 0.1) is 22.4 Å². The molecule has 0 aliphatic carbocycles. The molecule has 0 unspecified atom stereocenters. The molecule has 1 amide bonds. The molecule has 3 heterocycles. The number of carbonyl (C=O) groups is 1. The summed E-state index contributed by atoms with van der Waals surface area (Å²) in [5.74, 6) is -2.86. The van der Waals surface area contributed by atoms with E-state index in [9.17, 15) is 57.5 Å². The molecule has 45 heavy (non-hydrogen) atoms. The number of fused-ring (bicyclic) bond motifs is 3. The summed E-state index contributed by atoms with van der Waals surface area (Å²) in [6.07, 6.45) is -14.3. The molecule has 0 saturated carbocycles. The number of sulfone groups is 2. The van der Waals surface area contributed by atoms with Crippen molar-refractivity contribution in [1.29, 1.82) is 0 Å². The predicted molar refractivity (Wildman–Crippen MR) is 143 cm³/mol. The minimum Gasteiger partial charge on any atom is -0.380 e. The van der Waals surface area contributed by atoms with Crippen molar-refractivity contribution in [1.82, 2.24) is 4.90 Å². The quantitative estimate of drug-likeness (QED) is 0.384. The number of likely N-dealkylation sites (tertiary alicyclic amines) is 1. The number of halogens is 8. The number of hydrogen-bond acceptors (Lipinski definition) is 7. The molecule has 2 atom stereocenters. The molecule has 3 aliphatic heterocycles. The average molecular weight is 691 g/mol. The van der Waals surface area contributed by atoms with E-state index in [2.05, 4.69) is 0 Å². The highest BCUT2D eigenvalue weighted by Crippen LogP contribution is 2.57. The maximum atomic E-state index is 15.1. The minimum atomic E-state index is -6.44. The van der Waals surface area contributed by atoms with Gasteiger partial charge in [0.15, 0.2) is 19.7 Å².